The molecule has 1 heterocycles. The standard InChI is InChI=1S/C11H12N2O2S/c1-9-3-5-11(6-4-9)16(14,15)13-10(2)7-8-12-13/h3-8H,1-2H3. The molecule has 0 amide bonds. The Hall–Kier alpha value is -1.62. The average Bonchev–Trinajstić information content (AvgIpc) is 2.66. The number of aromatic nitrogens is 2. The second-order valence-corrected chi connectivity index (χ2v) is 5.40. The lowest BCUT2D eigenvalue weighted by Gasteiger charge is -2.06. The zero-order valence-corrected chi connectivity index (χ0v) is 9.90. The molecular formula is C11H12N2O2S. The normalized spacial score (nSPS) is 11.6. The topological polar surface area (TPSA) is 52.0 Å². The number of aryl methyl sites for hydroxylation is 2. The molecule has 16 heavy (non-hydrogen) atoms. The van der Waals surface area contributed by atoms with E-state index in [1.807, 2.05) is 6.92 Å². The molecule has 1 aromatic heterocycles. The summed E-state index contributed by atoms with van der Waals surface area (Å²) in [4.78, 5) is 0.255. The fraction of sp³-hybridized carbons (Fsp3) is 0.182. The van der Waals surface area contributed by atoms with Gasteiger partial charge >= 0.3 is 0 Å². The van der Waals surface area contributed by atoms with Gasteiger partial charge in [0.2, 0.25) is 0 Å². The van der Waals surface area contributed by atoms with Crippen molar-refractivity contribution < 1.29 is 8.42 Å². The van der Waals surface area contributed by atoms with Crippen LogP contribution in [0, 0.1) is 13.8 Å². The predicted molar refractivity (Wildman–Crippen MR) is 60.7 cm³/mol. The van der Waals surface area contributed by atoms with Crippen molar-refractivity contribution in [2.45, 2.75) is 18.7 Å². The van der Waals surface area contributed by atoms with E-state index in [9.17, 15) is 8.42 Å². The SMILES string of the molecule is Cc1ccc(S(=O)(=O)n2nccc2C)cc1. The van der Waals surface area contributed by atoms with E-state index in [-0.39, 0.29) is 4.90 Å². The number of rotatable bonds is 2. The van der Waals surface area contributed by atoms with Gasteiger partial charge in [0.25, 0.3) is 10.0 Å². The van der Waals surface area contributed by atoms with Gasteiger partial charge in [-0.05, 0) is 32.0 Å². The van der Waals surface area contributed by atoms with E-state index < -0.39 is 10.0 Å². The molecule has 0 saturated heterocycles. The number of benzene rings is 1. The van der Waals surface area contributed by atoms with Crippen molar-refractivity contribution in [1.29, 1.82) is 0 Å². The number of hydrogen-bond acceptors (Lipinski definition) is 3. The summed E-state index contributed by atoms with van der Waals surface area (Å²) in [7, 11) is -3.54. The molecule has 4 nitrogen and oxygen atoms in total. The monoisotopic (exact) mass is 236 g/mol. The highest BCUT2D eigenvalue weighted by atomic mass is 32.2. The van der Waals surface area contributed by atoms with Crippen molar-refractivity contribution in [3.05, 3.63) is 47.8 Å². The molecule has 0 aliphatic carbocycles. The van der Waals surface area contributed by atoms with Crippen LogP contribution in [-0.2, 0) is 10.0 Å². The summed E-state index contributed by atoms with van der Waals surface area (Å²) in [5.74, 6) is 0. The molecule has 0 spiro atoms. The van der Waals surface area contributed by atoms with Crippen LogP contribution >= 0.6 is 0 Å². The lowest BCUT2D eigenvalue weighted by Crippen LogP contribution is -2.15. The van der Waals surface area contributed by atoms with E-state index >= 15 is 0 Å². The second-order valence-electron chi connectivity index (χ2n) is 3.63. The van der Waals surface area contributed by atoms with E-state index in [4.69, 9.17) is 0 Å². The van der Waals surface area contributed by atoms with Gasteiger partial charge in [-0.15, -0.1) is 0 Å². The maximum Gasteiger partial charge on any atom is 0.283 e. The fourth-order valence-electron chi connectivity index (χ4n) is 1.42. The fourth-order valence-corrected chi connectivity index (χ4v) is 2.72. The second kappa shape index (κ2) is 3.75. The minimum atomic E-state index is -3.54. The van der Waals surface area contributed by atoms with Crippen molar-refractivity contribution >= 4 is 10.0 Å². The highest BCUT2D eigenvalue weighted by molar-refractivity contribution is 7.89. The third kappa shape index (κ3) is 1.74. The first kappa shape index (κ1) is 10.9. The molecule has 2 rings (SSSR count). The molecule has 0 unspecified atom stereocenters. The smallest absolute Gasteiger partial charge is 0.199 e. The molecule has 0 fully saturated rings. The van der Waals surface area contributed by atoms with E-state index in [0.29, 0.717) is 5.69 Å². The average molecular weight is 236 g/mol. The molecular weight excluding hydrogens is 224 g/mol. The van der Waals surface area contributed by atoms with Crippen LogP contribution in [0.1, 0.15) is 11.3 Å². The third-order valence-corrected chi connectivity index (χ3v) is 4.04. The summed E-state index contributed by atoms with van der Waals surface area (Å²) >= 11 is 0. The van der Waals surface area contributed by atoms with Gasteiger partial charge in [0.05, 0.1) is 16.8 Å². The van der Waals surface area contributed by atoms with Crippen LogP contribution in [-0.4, -0.2) is 17.6 Å². The maximum atomic E-state index is 12.1. The summed E-state index contributed by atoms with van der Waals surface area (Å²) < 4.78 is 25.3. The van der Waals surface area contributed by atoms with E-state index in [2.05, 4.69) is 5.10 Å². The van der Waals surface area contributed by atoms with Gasteiger partial charge in [0.15, 0.2) is 0 Å². The van der Waals surface area contributed by atoms with Gasteiger partial charge in [-0.3, -0.25) is 0 Å². The maximum absolute atomic E-state index is 12.1. The van der Waals surface area contributed by atoms with Gasteiger partial charge in [-0.1, -0.05) is 17.7 Å². The largest absolute Gasteiger partial charge is 0.283 e. The summed E-state index contributed by atoms with van der Waals surface area (Å²) in [6.07, 6.45) is 1.47. The van der Waals surface area contributed by atoms with Crippen LogP contribution in [0.4, 0.5) is 0 Å². The first-order chi connectivity index (χ1) is 7.51. The van der Waals surface area contributed by atoms with Crippen molar-refractivity contribution in [2.75, 3.05) is 0 Å². The van der Waals surface area contributed by atoms with Gasteiger partial charge in [-0.2, -0.15) is 17.6 Å². The summed E-state index contributed by atoms with van der Waals surface area (Å²) in [5.41, 5.74) is 1.62. The van der Waals surface area contributed by atoms with Crippen molar-refractivity contribution in [1.82, 2.24) is 9.19 Å². The Balaban J connectivity index is 2.56. The molecule has 2 aromatic rings. The highest BCUT2D eigenvalue weighted by Crippen LogP contribution is 2.15. The molecule has 0 radical (unpaired) electrons. The van der Waals surface area contributed by atoms with Crippen LogP contribution in [0.3, 0.4) is 0 Å². The Morgan fingerprint density at radius 1 is 1.06 bits per heavy atom. The molecule has 84 valence electrons. The molecule has 0 bridgehead atoms. The number of hydrogen-bond donors (Lipinski definition) is 0. The molecule has 1 aromatic carbocycles. The van der Waals surface area contributed by atoms with Gasteiger partial charge in [0, 0.05) is 0 Å². The van der Waals surface area contributed by atoms with Crippen LogP contribution in [0.5, 0.6) is 0 Å². The van der Waals surface area contributed by atoms with Crippen molar-refractivity contribution in [2.24, 2.45) is 0 Å². The van der Waals surface area contributed by atoms with E-state index in [1.165, 1.54) is 6.20 Å². The van der Waals surface area contributed by atoms with Crippen LogP contribution in [0.25, 0.3) is 0 Å². The Kier molecular flexibility index (Phi) is 2.55. The minimum absolute atomic E-state index is 0.255. The number of nitrogens with zero attached hydrogens (tertiary/aromatic N) is 2. The van der Waals surface area contributed by atoms with Crippen molar-refractivity contribution in [3.8, 4) is 0 Å². The van der Waals surface area contributed by atoms with Gasteiger partial charge in [0.1, 0.15) is 0 Å². The first-order valence-corrected chi connectivity index (χ1v) is 6.29. The Morgan fingerprint density at radius 2 is 1.69 bits per heavy atom. The molecule has 0 N–H and O–H groups in total. The molecule has 0 aliphatic heterocycles. The zero-order chi connectivity index (χ0) is 11.8. The van der Waals surface area contributed by atoms with E-state index in [1.54, 1.807) is 37.3 Å². The van der Waals surface area contributed by atoms with Crippen LogP contribution in [0.15, 0.2) is 41.4 Å². The summed E-state index contributed by atoms with van der Waals surface area (Å²) in [6.45, 7) is 3.62. The lowest BCUT2D eigenvalue weighted by molar-refractivity contribution is 0.578. The minimum Gasteiger partial charge on any atom is -0.199 e. The predicted octanol–water partition coefficient (Wildman–Crippen LogP) is 1.74. The third-order valence-electron chi connectivity index (χ3n) is 2.34. The van der Waals surface area contributed by atoms with E-state index in [0.717, 1.165) is 9.65 Å². The van der Waals surface area contributed by atoms with Gasteiger partial charge < -0.3 is 0 Å². The van der Waals surface area contributed by atoms with Crippen molar-refractivity contribution in [3.63, 3.8) is 0 Å². The Morgan fingerprint density at radius 3 is 2.19 bits per heavy atom. The van der Waals surface area contributed by atoms with Gasteiger partial charge in [-0.25, -0.2) is 0 Å². The summed E-state index contributed by atoms with van der Waals surface area (Å²) in [5, 5.41) is 3.81. The molecule has 5 heteroatoms. The first-order valence-electron chi connectivity index (χ1n) is 4.85. The Labute approximate surface area is 94.6 Å². The van der Waals surface area contributed by atoms with Crippen LogP contribution in [0.2, 0.25) is 0 Å². The zero-order valence-electron chi connectivity index (χ0n) is 9.08. The molecule has 0 atom stereocenters. The lowest BCUT2D eigenvalue weighted by atomic mass is 10.2. The Bertz CT molecular complexity index is 597. The highest BCUT2D eigenvalue weighted by Gasteiger charge is 2.18. The molecule has 0 saturated carbocycles. The molecule has 0 aliphatic rings. The quantitative estimate of drug-likeness (QED) is 0.798. The summed E-state index contributed by atoms with van der Waals surface area (Å²) in [6, 6.07) is 8.38. The van der Waals surface area contributed by atoms with Crippen LogP contribution < -0.4 is 0 Å².